The van der Waals surface area contributed by atoms with Gasteiger partial charge in [-0.25, -0.2) is 0 Å². The van der Waals surface area contributed by atoms with Crippen LogP contribution in [0, 0.1) is 10.1 Å². The third kappa shape index (κ3) is 1.86. The Balaban J connectivity index is 2.12. The van der Waals surface area contributed by atoms with Crippen molar-refractivity contribution >= 4 is 11.4 Å². The van der Waals surface area contributed by atoms with Gasteiger partial charge in [0.15, 0.2) is 0 Å². The van der Waals surface area contributed by atoms with Crippen LogP contribution >= 0.6 is 0 Å². The maximum absolute atomic E-state index is 10.6. The predicted octanol–water partition coefficient (Wildman–Crippen LogP) is 1.56. The predicted molar refractivity (Wildman–Crippen MR) is 60.6 cm³/mol. The summed E-state index contributed by atoms with van der Waals surface area (Å²) >= 11 is 0. The number of aliphatic hydroxyl groups is 1. The van der Waals surface area contributed by atoms with Gasteiger partial charge < -0.3 is 10.0 Å². The molecule has 16 heavy (non-hydrogen) atoms. The molecule has 0 unspecified atom stereocenters. The van der Waals surface area contributed by atoms with Crippen LogP contribution in [-0.4, -0.2) is 28.7 Å². The summed E-state index contributed by atoms with van der Waals surface area (Å²) in [6, 6.07) is 6.49. The molecule has 1 aliphatic heterocycles. The summed E-state index contributed by atoms with van der Waals surface area (Å²) in [5.74, 6) is 0. The molecule has 1 aromatic rings. The van der Waals surface area contributed by atoms with Crippen molar-refractivity contribution in [3.05, 3.63) is 34.4 Å². The van der Waals surface area contributed by atoms with E-state index in [4.69, 9.17) is 0 Å². The summed E-state index contributed by atoms with van der Waals surface area (Å²) in [5.41, 5.74) is 0.265. The fourth-order valence-corrected chi connectivity index (χ4v) is 1.87. The lowest BCUT2D eigenvalue weighted by Gasteiger charge is -2.47. The molecule has 1 fully saturated rings. The van der Waals surface area contributed by atoms with Gasteiger partial charge in [0.2, 0.25) is 0 Å². The van der Waals surface area contributed by atoms with Gasteiger partial charge in [0, 0.05) is 30.9 Å². The van der Waals surface area contributed by atoms with Gasteiger partial charge in [-0.15, -0.1) is 0 Å². The number of β-amino-alcohol motifs (C(OH)–C–C–N with tert-alkyl or cyclic N) is 1. The van der Waals surface area contributed by atoms with Crippen molar-refractivity contribution in [3.63, 3.8) is 0 Å². The van der Waals surface area contributed by atoms with Crippen LogP contribution in [0.1, 0.15) is 13.3 Å². The van der Waals surface area contributed by atoms with Gasteiger partial charge >= 0.3 is 0 Å². The maximum atomic E-state index is 10.6. The van der Waals surface area contributed by atoms with Gasteiger partial charge in [-0.1, -0.05) is 13.0 Å². The second-order valence-electron chi connectivity index (χ2n) is 4.21. The zero-order chi connectivity index (χ0) is 11.8. The standard InChI is InChI=1S/C11H14N2O3/c1-2-11(14)7-12(8-11)9-4-3-5-10(6-9)13(15)16/h3-6,14H,2,7-8H2,1H3. The molecule has 1 aliphatic rings. The van der Waals surface area contributed by atoms with E-state index >= 15 is 0 Å². The Hall–Kier alpha value is -1.62. The Morgan fingerprint density at radius 1 is 1.56 bits per heavy atom. The Morgan fingerprint density at radius 2 is 2.25 bits per heavy atom. The summed E-state index contributed by atoms with van der Waals surface area (Å²) < 4.78 is 0. The average Bonchev–Trinajstić information content (AvgIpc) is 2.25. The number of non-ortho nitro benzene ring substituents is 1. The highest BCUT2D eigenvalue weighted by atomic mass is 16.6. The Bertz CT molecular complexity index is 413. The minimum absolute atomic E-state index is 0.0874. The Kier molecular flexibility index (Phi) is 2.55. The van der Waals surface area contributed by atoms with Crippen molar-refractivity contribution in [2.75, 3.05) is 18.0 Å². The Morgan fingerprint density at radius 3 is 2.81 bits per heavy atom. The van der Waals surface area contributed by atoms with E-state index in [-0.39, 0.29) is 5.69 Å². The molecule has 2 rings (SSSR count). The van der Waals surface area contributed by atoms with Gasteiger partial charge in [0.25, 0.3) is 5.69 Å². The molecule has 86 valence electrons. The highest BCUT2D eigenvalue weighted by Crippen LogP contribution is 2.31. The van der Waals surface area contributed by atoms with Crippen molar-refractivity contribution in [2.24, 2.45) is 0 Å². The number of nitro groups is 1. The summed E-state index contributed by atoms with van der Waals surface area (Å²) in [7, 11) is 0. The first-order valence-electron chi connectivity index (χ1n) is 5.26. The van der Waals surface area contributed by atoms with Crippen LogP contribution in [-0.2, 0) is 0 Å². The van der Waals surface area contributed by atoms with Gasteiger partial charge in [-0.2, -0.15) is 0 Å². The van der Waals surface area contributed by atoms with Crippen LogP contribution in [0.25, 0.3) is 0 Å². The van der Waals surface area contributed by atoms with E-state index < -0.39 is 10.5 Å². The van der Waals surface area contributed by atoms with E-state index in [9.17, 15) is 15.2 Å². The largest absolute Gasteiger partial charge is 0.386 e. The second-order valence-corrected chi connectivity index (χ2v) is 4.21. The smallest absolute Gasteiger partial charge is 0.271 e. The van der Waals surface area contributed by atoms with Crippen LogP contribution in [0.2, 0.25) is 0 Å². The SMILES string of the molecule is CCC1(O)CN(c2cccc([N+](=O)[O-])c2)C1. The fourth-order valence-electron chi connectivity index (χ4n) is 1.87. The zero-order valence-corrected chi connectivity index (χ0v) is 9.09. The monoisotopic (exact) mass is 222 g/mol. The van der Waals surface area contributed by atoms with Crippen LogP contribution < -0.4 is 4.90 Å². The molecule has 0 bridgehead atoms. The molecule has 0 saturated carbocycles. The van der Waals surface area contributed by atoms with E-state index in [2.05, 4.69) is 0 Å². The number of hydrogen-bond acceptors (Lipinski definition) is 4. The number of nitro benzene ring substituents is 1. The van der Waals surface area contributed by atoms with Crippen molar-refractivity contribution in [1.29, 1.82) is 0 Å². The molecule has 5 nitrogen and oxygen atoms in total. The van der Waals surface area contributed by atoms with Crippen molar-refractivity contribution < 1.29 is 10.0 Å². The van der Waals surface area contributed by atoms with E-state index in [0.29, 0.717) is 19.5 Å². The molecule has 0 spiro atoms. The lowest BCUT2D eigenvalue weighted by molar-refractivity contribution is -0.384. The van der Waals surface area contributed by atoms with E-state index in [1.54, 1.807) is 6.07 Å². The topological polar surface area (TPSA) is 66.6 Å². The number of nitrogens with zero attached hydrogens (tertiary/aromatic N) is 2. The summed E-state index contributed by atoms with van der Waals surface area (Å²) in [4.78, 5) is 12.1. The molecular formula is C11H14N2O3. The summed E-state index contributed by atoms with van der Waals surface area (Å²) in [6.07, 6.45) is 0.707. The van der Waals surface area contributed by atoms with E-state index in [1.807, 2.05) is 17.9 Å². The van der Waals surface area contributed by atoms with E-state index in [0.717, 1.165) is 5.69 Å². The minimum atomic E-state index is -0.620. The fraction of sp³-hybridized carbons (Fsp3) is 0.455. The average molecular weight is 222 g/mol. The number of benzene rings is 1. The van der Waals surface area contributed by atoms with Gasteiger partial charge in [-0.3, -0.25) is 10.1 Å². The molecule has 1 heterocycles. The zero-order valence-electron chi connectivity index (χ0n) is 9.09. The van der Waals surface area contributed by atoms with Crippen molar-refractivity contribution in [3.8, 4) is 0 Å². The maximum Gasteiger partial charge on any atom is 0.271 e. The highest BCUT2D eigenvalue weighted by molar-refractivity contribution is 5.55. The molecule has 0 aliphatic carbocycles. The summed E-state index contributed by atoms with van der Waals surface area (Å²) in [5, 5.41) is 20.5. The Labute approximate surface area is 93.5 Å². The first-order chi connectivity index (χ1) is 7.54. The normalized spacial score (nSPS) is 18.0. The third-order valence-corrected chi connectivity index (χ3v) is 3.03. The van der Waals surface area contributed by atoms with Gasteiger partial charge in [0.05, 0.1) is 10.5 Å². The molecule has 0 radical (unpaired) electrons. The molecule has 1 aromatic carbocycles. The minimum Gasteiger partial charge on any atom is -0.386 e. The van der Waals surface area contributed by atoms with Crippen molar-refractivity contribution in [2.45, 2.75) is 18.9 Å². The molecular weight excluding hydrogens is 208 g/mol. The van der Waals surface area contributed by atoms with Crippen LogP contribution in [0.4, 0.5) is 11.4 Å². The van der Waals surface area contributed by atoms with Crippen LogP contribution in [0.15, 0.2) is 24.3 Å². The number of rotatable bonds is 3. The highest BCUT2D eigenvalue weighted by Gasteiger charge is 2.39. The second kappa shape index (κ2) is 3.75. The molecule has 0 aromatic heterocycles. The van der Waals surface area contributed by atoms with E-state index in [1.165, 1.54) is 12.1 Å². The molecule has 1 saturated heterocycles. The molecule has 0 atom stereocenters. The quantitative estimate of drug-likeness (QED) is 0.622. The van der Waals surface area contributed by atoms with Crippen LogP contribution in [0.5, 0.6) is 0 Å². The van der Waals surface area contributed by atoms with Crippen LogP contribution in [0.3, 0.4) is 0 Å². The molecule has 0 amide bonds. The number of anilines is 1. The van der Waals surface area contributed by atoms with Gasteiger partial charge in [-0.05, 0) is 12.5 Å². The summed E-state index contributed by atoms with van der Waals surface area (Å²) in [6.45, 7) is 3.03. The first kappa shape index (κ1) is 10.9. The van der Waals surface area contributed by atoms with Gasteiger partial charge in [0.1, 0.15) is 0 Å². The third-order valence-electron chi connectivity index (χ3n) is 3.03. The number of hydrogen-bond donors (Lipinski definition) is 1. The lowest BCUT2D eigenvalue weighted by Crippen LogP contribution is -2.61. The lowest BCUT2D eigenvalue weighted by atomic mass is 9.91. The van der Waals surface area contributed by atoms with Crippen molar-refractivity contribution in [1.82, 2.24) is 0 Å². The molecule has 5 heteroatoms. The first-order valence-corrected chi connectivity index (χ1v) is 5.26. The molecule has 1 N–H and O–H groups in total.